The van der Waals surface area contributed by atoms with E-state index in [1.54, 1.807) is 28.4 Å². The Bertz CT molecular complexity index is 2000. The molecule has 10 heteroatoms. The van der Waals surface area contributed by atoms with Crippen molar-refractivity contribution < 1.29 is 42.8 Å². The van der Waals surface area contributed by atoms with E-state index >= 15 is 0 Å². The van der Waals surface area contributed by atoms with Gasteiger partial charge < -0.3 is 38.0 Å². The lowest BCUT2D eigenvalue weighted by Crippen LogP contribution is -2.52. The normalized spacial score (nSPS) is 20.4. The molecule has 10 nitrogen and oxygen atoms in total. The second-order valence-corrected chi connectivity index (χ2v) is 15.1. The van der Waals surface area contributed by atoms with E-state index in [0.717, 1.165) is 78.7 Å². The fraction of sp³-hybridized carbons (Fsp3) is 0.432. The molecule has 4 heterocycles. The Labute approximate surface area is 318 Å². The molecule has 6 bridgehead atoms. The molecule has 8 rings (SSSR count). The van der Waals surface area contributed by atoms with E-state index in [2.05, 4.69) is 61.5 Å². The molecule has 3 atom stereocenters. The van der Waals surface area contributed by atoms with Gasteiger partial charge in [-0.1, -0.05) is 18.2 Å². The summed E-state index contributed by atoms with van der Waals surface area (Å²) < 4.78 is 38.4. The van der Waals surface area contributed by atoms with E-state index in [0.29, 0.717) is 53.1 Å². The van der Waals surface area contributed by atoms with Gasteiger partial charge in [0.1, 0.15) is 11.8 Å². The second-order valence-electron chi connectivity index (χ2n) is 15.1. The third-order valence-corrected chi connectivity index (χ3v) is 11.8. The van der Waals surface area contributed by atoms with Gasteiger partial charge in [-0.25, -0.2) is 0 Å². The number of nitrogens with zero attached hydrogens (tertiary/aromatic N) is 2. The van der Waals surface area contributed by atoms with E-state index in [4.69, 9.17) is 28.4 Å². The number of quaternary nitrogens is 1. The molecule has 0 amide bonds. The summed E-state index contributed by atoms with van der Waals surface area (Å²) in [5.74, 6) is 4.44. The first-order chi connectivity index (χ1) is 26.1. The van der Waals surface area contributed by atoms with E-state index in [-0.39, 0.29) is 18.5 Å². The van der Waals surface area contributed by atoms with Gasteiger partial charge in [-0.15, -0.1) is 0 Å². The van der Waals surface area contributed by atoms with Gasteiger partial charge in [-0.05, 0) is 104 Å². The molecule has 0 saturated heterocycles. The molecule has 54 heavy (non-hydrogen) atoms. The number of ether oxygens (including phenoxy) is 6. The molecule has 3 unspecified atom stereocenters. The van der Waals surface area contributed by atoms with Crippen LogP contribution in [0.4, 0.5) is 0 Å². The van der Waals surface area contributed by atoms with E-state index in [9.17, 15) is 9.90 Å². The van der Waals surface area contributed by atoms with Crippen LogP contribution in [0.15, 0.2) is 60.7 Å². The smallest absolute Gasteiger partial charge is 0.303 e. The zero-order valence-corrected chi connectivity index (χ0v) is 32.4. The highest BCUT2D eigenvalue weighted by Gasteiger charge is 2.40. The standard InChI is InChI=1S/C44H52N2O8/c1-45-19-17-31-26-40(51-5)43(52-6)44-42(31)34(45)22-29-13-16-36(49-3)38(24-29)53-32-14-11-28(12-15-32)23-35-33-27-39(54-44)37(50-4)25-30(33)18-21-46(35,2)20-9-7-8-10-41(47)48/h11-16,24-27,34-35H,7-10,17-23H2,1-6H3/p+1. The fourth-order valence-electron chi connectivity index (χ4n) is 8.71. The number of carboxylic acid groups (broad SMARTS) is 1. The van der Waals surface area contributed by atoms with Crippen molar-refractivity contribution >= 4 is 5.97 Å². The van der Waals surface area contributed by atoms with Crippen LogP contribution in [0.1, 0.15) is 71.1 Å². The first-order valence-electron chi connectivity index (χ1n) is 19.0. The lowest BCUT2D eigenvalue weighted by Gasteiger charge is -2.46. The van der Waals surface area contributed by atoms with Gasteiger partial charge in [0.05, 0.1) is 48.6 Å². The first-order valence-corrected chi connectivity index (χ1v) is 19.0. The Kier molecular flexibility index (Phi) is 10.9. The van der Waals surface area contributed by atoms with Crippen molar-refractivity contribution in [3.05, 3.63) is 94.0 Å². The van der Waals surface area contributed by atoms with Crippen LogP contribution in [0.2, 0.25) is 0 Å². The number of hydrogen-bond acceptors (Lipinski definition) is 8. The van der Waals surface area contributed by atoms with Crippen LogP contribution in [0, 0.1) is 0 Å². The van der Waals surface area contributed by atoms with Crippen molar-refractivity contribution in [2.24, 2.45) is 0 Å². The summed E-state index contributed by atoms with van der Waals surface area (Å²) >= 11 is 0. The van der Waals surface area contributed by atoms with Gasteiger partial charge in [0.2, 0.25) is 5.75 Å². The number of unbranched alkanes of at least 4 members (excludes halogenated alkanes) is 2. The van der Waals surface area contributed by atoms with Gasteiger partial charge in [0, 0.05) is 43.0 Å². The predicted octanol–water partition coefficient (Wildman–Crippen LogP) is 8.32. The van der Waals surface area contributed by atoms with Crippen molar-refractivity contribution in [1.82, 2.24) is 4.90 Å². The van der Waals surface area contributed by atoms with Gasteiger partial charge in [-0.2, -0.15) is 0 Å². The Morgan fingerprint density at radius 1 is 0.796 bits per heavy atom. The molecule has 0 fully saturated rings. The third-order valence-electron chi connectivity index (χ3n) is 11.8. The number of fused-ring (bicyclic) bond motifs is 2. The minimum Gasteiger partial charge on any atom is -0.493 e. The molecule has 0 aliphatic carbocycles. The minimum absolute atomic E-state index is 0.0413. The van der Waals surface area contributed by atoms with Crippen molar-refractivity contribution in [1.29, 1.82) is 0 Å². The largest absolute Gasteiger partial charge is 0.493 e. The molecular weight excluding hydrogens is 684 g/mol. The van der Waals surface area contributed by atoms with Crippen molar-refractivity contribution in [2.75, 3.05) is 62.2 Å². The highest BCUT2D eigenvalue weighted by Crippen LogP contribution is 2.52. The van der Waals surface area contributed by atoms with Crippen LogP contribution in [0.5, 0.6) is 46.0 Å². The number of carboxylic acids is 1. The highest BCUT2D eigenvalue weighted by molar-refractivity contribution is 5.66. The molecule has 0 saturated carbocycles. The molecule has 0 aromatic heterocycles. The molecule has 286 valence electrons. The highest BCUT2D eigenvalue weighted by atomic mass is 16.5. The topological polar surface area (TPSA) is 95.9 Å². The summed E-state index contributed by atoms with van der Waals surface area (Å²) in [7, 11) is 11.2. The maximum Gasteiger partial charge on any atom is 0.303 e. The minimum atomic E-state index is -0.738. The number of aliphatic carboxylic acids is 1. The zero-order chi connectivity index (χ0) is 38.0. The molecule has 0 spiro atoms. The van der Waals surface area contributed by atoms with Gasteiger partial charge in [0.25, 0.3) is 0 Å². The summed E-state index contributed by atoms with van der Waals surface area (Å²) in [6, 6.07) is 21.1. The Hall–Kier alpha value is -4.93. The number of benzene rings is 4. The van der Waals surface area contributed by atoms with Gasteiger partial charge in [0.15, 0.2) is 34.5 Å². The first kappa shape index (κ1) is 37.4. The quantitative estimate of drug-likeness (QED) is 0.127. The monoisotopic (exact) mass is 737 g/mol. The SMILES string of the molecule is COc1ccc2cc1Oc1ccc(cc1)CC1c3cc(c(OC)cc3CC[N+]1(C)CCCCCC(=O)O)Oc1c(OC)c(OC)cc3c1C(C2)N(C)CC3. The van der Waals surface area contributed by atoms with Crippen LogP contribution in [0.3, 0.4) is 0 Å². The molecular formula is C44H53N2O8+. The van der Waals surface area contributed by atoms with Gasteiger partial charge >= 0.3 is 5.97 Å². The van der Waals surface area contributed by atoms with Crippen LogP contribution in [-0.2, 0) is 30.5 Å². The van der Waals surface area contributed by atoms with Crippen LogP contribution in [0.25, 0.3) is 0 Å². The van der Waals surface area contributed by atoms with Crippen molar-refractivity contribution in [2.45, 2.75) is 63.5 Å². The Balaban J connectivity index is 1.41. The van der Waals surface area contributed by atoms with E-state index in [1.807, 2.05) is 18.2 Å². The number of hydrogen-bond donors (Lipinski definition) is 1. The van der Waals surface area contributed by atoms with E-state index in [1.165, 1.54) is 16.7 Å². The number of likely N-dealkylation sites (N-methyl/N-ethyl adjacent to an activating group) is 2. The average molecular weight is 738 g/mol. The zero-order valence-electron chi connectivity index (χ0n) is 32.4. The van der Waals surface area contributed by atoms with Crippen LogP contribution >= 0.6 is 0 Å². The fourth-order valence-corrected chi connectivity index (χ4v) is 8.71. The Morgan fingerprint density at radius 2 is 1.52 bits per heavy atom. The maximum atomic E-state index is 11.2. The van der Waals surface area contributed by atoms with E-state index < -0.39 is 5.97 Å². The summed E-state index contributed by atoms with van der Waals surface area (Å²) in [5.41, 5.74) is 7.01. The lowest BCUT2D eigenvalue weighted by atomic mass is 9.85. The molecule has 4 aromatic rings. The van der Waals surface area contributed by atoms with Crippen LogP contribution < -0.4 is 28.4 Å². The summed E-state index contributed by atoms with van der Waals surface area (Å²) in [6.07, 6.45) is 5.94. The Morgan fingerprint density at radius 3 is 2.24 bits per heavy atom. The predicted molar refractivity (Wildman–Crippen MR) is 207 cm³/mol. The maximum absolute atomic E-state index is 11.2. The molecule has 4 aliphatic heterocycles. The summed E-state index contributed by atoms with van der Waals surface area (Å²) in [5, 5.41) is 9.23. The van der Waals surface area contributed by atoms with Crippen molar-refractivity contribution in [3.63, 3.8) is 0 Å². The molecule has 0 radical (unpaired) electrons. The molecule has 4 aliphatic rings. The summed E-state index contributed by atoms with van der Waals surface area (Å²) in [4.78, 5) is 13.6. The third kappa shape index (κ3) is 7.42. The lowest BCUT2D eigenvalue weighted by molar-refractivity contribution is -0.941. The second kappa shape index (κ2) is 15.8. The van der Waals surface area contributed by atoms with Crippen LogP contribution in [-0.4, -0.2) is 82.6 Å². The summed E-state index contributed by atoms with van der Waals surface area (Å²) in [6.45, 7) is 2.77. The number of methoxy groups -OCH3 is 4. The molecule has 4 aromatic carbocycles. The number of carbonyl (C=O) groups is 1. The van der Waals surface area contributed by atoms with Crippen molar-refractivity contribution in [3.8, 4) is 46.0 Å². The van der Waals surface area contributed by atoms with Gasteiger partial charge in [-0.3, -0.25) is 9.69 Å². The average Bonchev–Trinajstić information content (AvgIpc) is 3.17. The number of rotatable bonds is 10. The molecule has 1 N–H and O–H groups in total.